The molecule has 1 heterocycles. The third-order valence-electron chi connectivity index (χ3n) is 1.86. The molecule has 90 valence electrons. The SMILES string of the molecule is CC(C)Oc1cc(NCCCCCl)ncn1. The molecule has 5 heteroatoms. The minimum Gasteiger partial charge on any atom is -0.475 e. The number of anilines is 1. The lowest BCUT2D eigenvalue weighted by atomic mass is 10.3. The van der Waals surface area contributed by atoms with E-state index in [0.717, 1.165) is 25.2 Å². The largest absolute Gasteiger partial charge is 0.475 e. The van der Waals surface area contributed by atoms with Crippen LogP contribution >= 0.6 is 11.6 Å². The van der Waals surface area contributed by atoms with Crippen molar-refractivity contribution < 1.29 is 4.74 Å². The molecule has 0 atom stereocenters. The molecule has 16 heavy (non-hydrogen) atoms. The molecular weight excluding hydrogens is 226 g/mol. The van der Waals surface area contributed by atoms with Crippen LogP contribution in [-0.4, -0.2) is 28.5 Å². The number of halogens is 1. The van der Waals surface area contributed by atoms with Gasteiger partial charge in [-0.25, -0.2) is 9.97 Å². The summed E-state index contributed by atoms with van der Waals surface area (Å²) in [5.74, 6) is 2.10. The van der Waals surface area contributed by atoms with E-state index in [0.29, 0.717) is 11.8 Å². The zero-order valence-corrected chi connectivity index (χ0v) is 10.5. The van der Waals surface area contributed by atoms with Gasteiger partial charge in [0.15, 0.2) is 0 Å². The lowest BCUT2D eigenvalue weighted by Gasteiger charge is -2.09. The smallest absolute Gasteiger partial charge is 0.218 e. The number of rotatable bonds is 7. The predicted molar refractivity (Wildman–Crippen MR) is 66.2 cm³/mol. The third kappa shape index (κ3) is 5.16. The van der Waals surface area contributed by atoms with Gasteiger partial charge in [-0.1, -0.05) is 0 Å². The number of aromatic nitrogens is 2. The van der Waals surface area contributed by atoms with Gasteiger partial charge in [-0.2, -0.15) is 0 Å². The number of nitrogens with zero attached hydrogens (tertiary/aromatic N) is 2. The predicted octanol–water partition coefficient (Wildman–Crippen LogP) is 2.69. The molecule has 0 aliphatic carbocycles. The molecule has 1 N–H and O–H groups in total. The molecule has 0 aliphatic heterocycles. The van der Waals surface area contributed by atoms with Gasteiger partial charge in [0.2, 0.25) is 5.88 Å². The van der Waals surface area contributed by atoms with Crippen molar-refractivity contribution in [3.8, 4) is 5.88 Å². The molecule has 0 bridgehead atoms. The van der Waals surface area contributed by atoms with E-state index < -0.39 is 0 Å². The van der Waals surface area contributed by atoms with E-state index in [-0.39, 0.29) is 6.10 Å². The molecule has 1 rings (SSSR count). The fraction of sp³-hybridized carbons (Fsp3) is 0.636. The second kappa shape index (κ2) is 7.28. The second-order valence-corrected chi connectivity index (χ2v) is 4.11. The van der Waals surface area contributed by atoms with Crippen molar-refractivity contribution in [3.05, 3.63) is 12.4 Å². The average molecular weight is 244 g/mol. The maximum atomic E-state index is 5.59. The summed E-state index contributed by atoms with van der Waals surface area (Å²) >= 11 is 5.59. The molecule has 0 radical (unpaired) electrons. The third-order valence-corrected chi connectivity index (χ3v) is 2.13. The van der Waals surface area contributed by atoms with Crippen LogP contribution in [0, 0.1) is 0 Å². The van der Waals surface area contributed by atoms with Crippen molar-refractivity contribution in [1.29, 1.82) is 0 Å². The zero-order valence-electron chi connectivity index (χ0n) is 9.74. The highest BCUT2D eigenvalue weighted by Gasteiger charge is 2.01. The monoisotopic (exact) mass is 243 g/mol. The van der Waals surface area contributed by atoms with Crippen molar-refractivity contribution in [2.75, 3.05) is 17.7 Å². The maximum absolute atomic E-state index is 5.59. The van der Waals surface area contributed by atoms with Crippen LogP contribution in [-0.2, 0) is 0 Å². The molecule has 4 nitrogen and oxygen atoms in total. The molecule has 0 aromatic carbocycles. The van der Waals surface area contributed by atoms with Crippen molar-refractivity contribution in [2.24, 2.45) is 0 Å². The minimum absolute atomic E-state index is 0.124. The van der Waals surface area contributed by atoms with E-state index in [9.17, 15) is 0 Å². The average Bonchev–Trinajstić information content (AvgIpc) is 2.24. The van der Waals surface area contributed by atoms with Gasteiger partial charge in [0.1, 0.15) is 12.1 Å². The molecular formula is C11H18ClN3O. The Morgan fingerprint density at radius 3 is 2.88 bits per heavy atom. The van der Waals surface area contributed by atoms with Gasteiger partial charge in [-0.3, -0.25) is 0 Å². The van der Waals surface area contributed by atoms with Gasteiger partial charge >= 0.3 is 0 Å². The first-order valence-corrected chi connectivity index (χ1v) is 6.04. The summed E-state index contributed by atoms with van der Waals surface area (Å²) < 4.78 is 5.47. The zero-order chi connectivity index (χ0) is 11.8. The Labute approximate surface area is 101 Å². The van der Waals surface area contributed by atoms with Gasteiger partial charge < -0.3 is 10.1 Å². The fourth-order valence-electron chi connectivity index (χ4n) is 1.18. The van der Waals surface area contributed by atoms with Crippen molar-refractivity contribution in [2.45, 2.75) is 32.8 Å². The molecule has 0 saturated carbocycles. The van der Waals surface area contributed by atoms with Gasteiger partial charge in [0, 0.05) is 18.5 Å². The van der Waals surface area contributed by atoms with E-state index in [4.69, 9.17) is 16.3 Å². The van der Waals surface area contributed by atoms with Gasteiger partial charge in [0.25, 0.3) is 0 Å². The fourth-order valence-corrected chi connectivity index (χ4v) is 1.37. The summed E-state index contributed by atoms with van der Waals surface area (Å²) in [4.78, 5) is 8.14. The first-order valence-electron chi connectivity index (χ1n) is 5.51. The number of hydrogen-bond donors (Lipinski definition) is 1. The highest BCUT2D eigenvalue weighted by atomic mass is 35.5. The molecule has 1 aromatic heterocycles. The van der Waals surface area contributed by atoms with Crippen LogP contribution in [0.15, 0.2) is 12.4 Å². The van der Waals surface area contributed by atoms with Crippen LogP contribution in [0.2, 0.25) is 0 Å². The van der Waals surface area contributed by atoms with E-state index in [2.05, 4.69) is 15.3 Å². The lowest BCUT2D eigenvalue weighted by molar-refractivity contribution is 0.232. The Morgan fingerprint density at radius 1 is 1.38 bits per heavy atom. The van der Waals surface area contributed by atoms with Crippen LogP contribution in [0.1, 0.15) is 26.7 Å². The molecule has 0 spiro atoms. The Bertz CT molecular complexity index is 307. The van der Waals surface area contributed by atoms with Gasteiger partial charge in [-0.15, -0.1) is 11.6 Å². The summed E-state index contributed by atoms with van der Waals surface area (Å²) in [6, 6.07) is 1.81. The van der Waals surface area contributed by atoms with Crippen LogP contribution in [0.4, 0.5) is 5.82 Å². The topological polar surface area (TPSA) is 47.0 Å². The van der Waals surface area contributed by atoms with E-state index in [1.807, 2.05) is 13.8 Å². The summed E-state index contributed by atoms with van der Waals surface area (Å²) in [6.45, 7) is 4.80. The summed E-state index contributed by atoms with van der Waals surface area (Å²) in [5, 5.41) is 3.20. The summed E-state index contributed by atoms with van der Waals surface area (Å²) in [5.41, 5.74) is 0. The molecule has 0 saturated heterocycles. The van der Waals surface area contributed by atoms with E-state index in [1.54, 1.807) is 6.07 Å². The highest BCUT2D eigenvalue weighted by molar-refractivity contribution is 6.17. The number of unbranched alkanes of at least 4 members (excludes halogenated alkanes) is 1. The summed E-state index contributed by atoms with van der Waals surface area (Å²) in [6.07, 6.45) is 3.67. The Balaban J connectivity index is 2.41. The first kappa shape index (κ1) is 13.0. The quantitative estimate of drug-likeness (QED) is 0.591. The van der Waals surface area contributed by atoms with Crippen LogP contribution < -0.4 is 10.1 Å². The first-order chi connectivity index (χ1) is 7.72. The molecule has 0 aliphatic rings. The Kier molecular flexibility index (Phi) is 5.93. The van der Waals surface area contributed by atoms with Crippen molar-refractivity contribution in [3.63, 3.8) is 0 Å². The van der Waals surface area contributed by atoms with Crippen molar-refractivity contribution in [1.82, 2.24) is 9.97 Å². The summed E-state index contributed by atoms with van der Waals surface area (Å²) in [7, 11) is 0. The molecule has 0 amide bonds. The lowest BCUT2D eigenvalue weighted by Crippen LogP contribution is -2.08. The van der Waals surface area contributed by atoms with Gasteiger partial charge in [-0.05, 0) is 26.7 Å². The number of ether oxygens (including phenoxy) is 1. The molecule has 1 aromatic rings. The van der Waals surface area contributed by atoms with Gasteiger partial charge in [0.05, 0.1) is 6.10 Å². The Hall–Kier alpha value is -1.03. The van der Waals surface area contributed by atoms with E-state index >= 15 is 0 Å². The van der Waals surface area contributed by atoms with Crippen LogP contribution in [0.3, 0.4) is 0 Å². The highest BCUT2D eigenvalue weighted by Crippen LogP contribution is 2.12. The van der Waals surface area contributed by atoms with E-state index in [1.165, 1.54) is 6.33 Å². The van der Waals surface area contributed by atoms with Crippen LogP contribution in [0.25, 0.3) is 0 Å². The number of nitrogens with one attached hydrogen (secondary N) is 1. The standard InChI is InChI=1S/C11H18ClN3O/c1-9(2)16-11-7-10(14-8-15-11)13-6-4-3-5-12/h7-9H,3-6H2,1-2H3,(H,13,14,15). The minimum atomic E-state index is 0.124. The maximum Gasteiger partial charge on any atom is 0.218 e. The normalized spacial score (nSPS) is 10.5. The molecule has 0 fully saturated rings. The van der Waals surface area contributed by atoms with Crippen LogP contribution in [0.5, 0.6) is 5.88 Å². The number of hydrogen-bond acceptors (Lipinski definition) is 4. The number of alkyl halides is 1. The second-order valence-electron chi connectivity index (χ2n) is 3.73. The Morgan fingerprint density at radius 2 is 2.19 bits per heavy atom. The molecule has 0 unspecified atom stereocenters. The van der Waals surface area contributed by atoms with Crippen molar-refractivity contribution >= 4 is 17.4 Å².